The molecule has 26 heavy (non-hydrogen) atoms. The van der Waals surface area contributed by atoms with Gasteiger partial charge in [-0.15, -0.1) is 0 Å². The van der Waals surface area contributed by atoms with E-state index < -0.39 is 0 Å². The van der Waals surface area contributed by atoms with Crippen LogP contribution in [0.4, 0.5) is 10.1 Å². The molecule has 0 atom stereocenters. The van der Waals surface area contributed by atoms with Gasteiger partial charge in [-0.25, -0.2) is 4.39 Å². The first-order valence-corrected chi connectivity index (χ1v) is 7.85. The van der Waals surface area contributed by atoms with E-state index in [9.17, 15) is 9.18 Å². The van der Waals surface area contributed by atoms with Gasteiger partial charge < -0.3 is 14.8 Å². The fraction of sp³-hybridized carbons (Fsp3) is 0.100. The van der Waals surface area contributed by atoms with Crippen LogP contribution in [0.3, 0.4) is 0 Å². The normalized spacial score (nSPS) is 10.3. The van der Waals surface area contributed by atoms with Crippen LogP contribution in [-0.4, -0.2) is 25.1 Å². The van der Waals surface area contributed by atoms with Gasteiger partial charge in [0.25, 0.3) is 5.91 Å². The van der Waals surface area contributed by atoms with E-state index in [1.807, 2.05) is 0 Å². The number of pyridine rings is 1. The summed E-state index contributed by atoms with van der Waals surface area (Å²) in [5.41, 5.74) is 2.39. The Bertz CT molecular complexity index is 927. The van der Waals surface area contributed by atoms with Crippen LogP contribution < -0.4 is 14.8 Å². The van der Waals surface area contributed by atoms with Gasteiger partial charge in [-0.05, 0) is 35.9 Å². The molecule has 1 N–H and O–H groups in total. The molecular weight excluding hydrogens is 335 g/mol. The third kappa shape index (κ3) is 3.80. The average Bonchev–Trinajstić information content (AvgIpc) is 2.69. The minimum atomic E-state index is -0.329. The number of hydrogen-bond acceptors (Lipinski definition) is 4. The number of amides is 1. The summed E-state index contributed by atoms with van der Waals surface area (Å²) in [6, 6.07) is 12.8. The first kappa shape index (κ1) is 17.4. The van der Waals surface area contributed by atoms with Gasteiger partial charge in [-0.3, -0.25) is 9.78 Å². The van der Waals surface area contributed by atoms with E-state index in [0.29, 0.717) is 22.7 Å². The highest BCUT2D eigenvalue weighted by Gasteiger charge is 2.12. The molecule has 1 aromatic heterocycles. The third-order valence-corrected chi connectivity index (χ3v) is 3.83. The largest absolute Gasteiger partial charge is 0.497 e. The van der Waals surface area contributed by atoms with E-state index in [-0.39, 0.29) is 11.7 Å². The summed E-state index contributed by atoms with van der Waals surface area (Å²) >= 11 is 0. The fourth-order valence-corrected chi connectivity index (χ4v) is 2.46. The van der Waals surface area contributed by atoms with Gasteiger partial charge in [-0.1, -0.05) is 12.1 Å². The average molecular weight is 352 g/mol. The van der Waals surface area contributed by atoms with Gasteiger partial charge >= 0.3 is 0 Å². The molecule has 0 aliphatic rings. The number of aromatic nitrogens is 1. The lowest BCUT2D eigenvalue weighted by molar-refractivity contribution is 0.102. The summed E-state index contributed by atoms with van der Waals surface area (Å²) in [6.07, 6.45) is 3.09. The highest BCUT2D eigenvalue weighted by molar-refractivity contribution is 6.05. The van der Waals surface area contributed by atoms with Crippen molar-refractivity contribution in [3.05, 3.63) is 72.3 Å². The van der Waals surface area contributed by atoms with Crippen LogP contribution in [-0.2, 0) is 0 Å². The summed E-state index contributed by atoms with van der Waals surface area (Å²) < 4.78 is 23.5. The summed E-state index contributed by atoms with van der Waals surface area (Å²) in [4.78, 5) is 16.7. The van der Waals surface area contributed by atoms with Gasteiger partial charge in [0.1, 0.15) is 17.3 Å². The van der Waals surface area contributed by atoms with Crippen LogP contribution in [0.2, 0.25) is 0 Å². The highest BCUT2D eigenvalue weighted by Crippen LogP contribution is 2.29. The van der Waals surface area contributed by atoms with Crippen LogP contribution >= 0.6 is 0 Å². The number of anilines is 1. The Morgan fingerprint density at radius 1 is 0.962 bits per heavy atom. The summed E-state index contributed by atoms with van der Waals surface area (Å²) in [6.45, 7) is 0. The minimum Gasteiger partial charge on any atom is -0.497 e. The van der Waals surface area contributed by atoms with Crippen LogP contribution in [0.1, 0.15) is 10.4 Å². The van der Waals surface area contributed by atoms with Crippen LogP contribution in [0.25, 0.3) is 11.1 Å². The smallest absolute Gasteiger partial charge is 0.257 e. The van der Waals surface area contributed by atoms with Gasteiger partial charge in [0.15, 0.2) is 0 Å². The second-order valence-corrected chi connectivity index (χ2v) is 5.49. The van der Waals surface area contributed by atoms with Gasteiger partial charge in [0, 0.05) is 24.0 Å². The molecule has 6 heteroatoms. The zero-order chi connectivity index (χ0) is 18.5. The number of nitrogens with one attached hydrogen (secondary N) is 1. The number of nitrogens with zero attached hydrogens (tertiary/aromatic N) is 1. The molecule has 0 radical (unpaired) electrons. The Morgan fingerprint density at radius 2 is 1.73 bits per heavy atom. The minimum absolute atomic E-state index is 0.317. The molecule has 132 valence electrons. The zero-order valence-electron chi connectivity index (χ0n) is 14.3. The number of ether oxygens (including phenoxy) is 2. The molecule has 0 aliphatic heterocycles. The zero-order valence-corrected chi connectivity index (χ0v) is 14.3. The first-order chi connectivity index (χ1) is 12.6. The Hall–Kier alpha value is -3.41. The third-order valence-electron chi connectivity index (χ3n) is 3.83. The number of rotatable bonds is 5. The Kier molecular flexibility index (Phi) is 5.12. The van der Waals surface area contributed by atoms with E-state index in [1.165, 1.54) is 25.4 Å². The molecule has 0 fully saturated rings. The fourth-order valence-electron chi connectivity index (χ4n) is 2.46. The molecule has 0 unspecified atom stereocenters. The summed E-state index contributed by atoms with van der Waals surface area (Å²) in [5, 5.41) is 2.80. The monoisotopic (exact) mass is 352 g/mol. The number of hydrogen-bond donors (Lipinski definition) is 1. The Morgan fingerprint density at radius 3 is 2.42 bits per heavy atom. The second kappa shape index (κ2) is 7.65. The van der Waals surface area contributed by atoms with Crippen LogP contribution in [0.5, 0.6) is 11.5 Å². The number of carbonyl (C=O) groups excluding carboxylic acids is 1. The van der Waals surface area contributed by atoms with Crippen LogP contribution in [0, 0.1) is 5.82 Å². The first-order valence-electron chi connectivity index (χ1n) is 7.85. The molecule has 1 amide bonds. The SMILES string of the molecule is COc1ccc(NC(=O)c2cncc(-c3ccc(F)cc3)c2)c(OC)c1. The quantitative estimate of drug-likeness (QED) is 0.749. The molecule has 0 spiro atoms. The molecule has 1 heterocycles. The maximum absolute atomic E-state index is 13.1. The maximum Gasteiger partial charge on any atom is 0.257 e. The molecule has 2 aromatic carbocycles. The molecule has 3 rings (SSSR count). The van der Waals surface area contributed by atoms with Crippen molar-refractivity contribution >= 4 is 11.6 Å². The molecule has 0 aliphatic carbocycles. The molecule has 3 aromatic rings. The van der Waals surface area contributed by atoms with Crippen molar-refractivity contribution < 1.29 is 18.7 Å². The van der Waals surface area contributed by atoms with Gasteiger partial charge in [-0.2, -0.15) is 0 Å². The molecule has 0 bridgehead atoms. The predicted molar refractivity (Wildman–Crippen MR) is 97.1 cm³/mol. The van der Waals surface area contributed by atoms with Crippen molar-refractivity contribution in [2.75, 3.05) is 19.5 Å². The highest BCUT2D eigenvalue weighted by atomic mass is 19.1. The molecule has 0 saturated heterocycles. The topological polar surface area (TPSA) is 60.5 Å². The van der Waals surface area contributed by atoms with Crippen molar-refractivity contribution in [3.8, 4) is 22.6 Å². The van der Waals surface area contributed by atoms with Crippen molar-refractivity contribution in [3.63, 3.8) is 0 Å². The Balaban J connectivity index is 1.85. The second-order valence-electron chi connectivity index (χ2n) is 5.49. The number of methoxy groups -OCH3 is 2. The predicted octanol–water partition coefficient (Wildman–Crippen LogP) is 4.16. The van der Waals surface area contributed by atoms with Crippen molar-refractivity contribution in [1.82, 2.24) is 4.98 Å². The van der Waals surface area contributed by atoms with E-state index >= 15 is 0 Å². The molecule has 5 nitrogen and oxygen atoms in total. The van der Waals surface area contributed by atoms with E-state index in [2.05, 4.69) is 10.3 Å². The lowest BCUT2D eigenvalue weighted by Crippen LogP contribution is -2.13. The van der Waals surface area contributed by atoms with Gasteiger partial charge in [0.2, 0.25) is 0 Å². The maximum atomic E-state index is 13.1. The van der Waals surface area contributed by atoms with Crippen molar-refractivity contribution in [1.29, 1.82) is 0 Å². The van der Waals surface area contributed by atoms with Crippen molar-refractivity contribution in [2.45, 2.75) is 0 Å². The van der Waals surface area contributed by atoms with E-state index in [4.69, 9.17) is 9.47 Å². The van der Waals surface area contributed by atoms with Crippen molar-refractivity contribution in [2.24, 2.45) is 0 Å². The van der Waals surface area contributed by atoms with Gasteiger partial charge in [0.05, 0.1) is 25.5 Å². The van der Waals surface area contributed by atoms with E-state index in [0.717, 1.165) is 11.1 Å². The number of halogens is 1. The summed E-state index contributed by atoms with van der Waals surface area (Å²) in [7, 11) is 3.07. The molecular formula is C20H17FN2O3. The number of benzene rings is 2. The standard InChI is InChI=1S/C20H17FN2O3/c1-25-17-7-8-18(19(10-17)26-2)23-20(24)15-9-14(11-22-12-15)13-3-5-16(21)6-4-13/h3-12H,1-2H3,(H,23,24). The Labute approximate surface area is 150 Å². The molecule has 0 saturated carbocycles. The lowest BCUT2D eigenvalue weighted by Gasteiger charge is -2.12. The summed E-state index contributed by atoms with van der Waals surface area (Å²) in [5.74, 6) is 0.465. The van der Waals surface area contributed by atoms with Crippen LogP contribution in [0.15, 0.2) is 60.9 Å². The number of carbonyl (C=O) groups is 1. The van der Waals surface area contributed by atoms with E-state index in [1.54, 1.807) is 49.7 Å². The lowest BCUT2D eigenvalue weighted by atomic mass is 10.1.